The number of hydrogen-bond donors (Lipinski definition) is 2. The first-order valence-corrected chi connectivity index (χ1v) is 8.48. The number of nitrogens with one attached hydrogen (secondary N) is 2. The molecule has 0 radical (unpaired) electrons. The van der Waals surface area contributed by atoms with Gasteiger partial charge in [-0.1, -0.05) is 30.1 Å². The van der Waals surface area contributed by atoms with Crippen LogP contribution < -0.4 is 10.6 Å². The molecular formula is C14H18Cl2N4S. The Bertz CT molecular complexity index is 601. The number of aryl methyl sites for hydroxylation is 1. The van der Waals surface area contributed by atoms with Gasteiger partial charge < -0.3 is 10.6 Å². The second kappa shape index (κ2) is 7.82. The number of rotatable bonds is 7. The van der Waals surface area contributed by atoms with Crippen LogP contribution in [0.1, 0.15) is 24.0 Å². The third-order valence-corrected chi connectivity index (χ3v) is 4.37. The Kier molecular flexibility index (Phi) is 6.08. The smallest absolute Gasteiger partial charge is 0.147 e. The fraction of sp³-hybridized carbons (Fsp3) is 0.429. The van der Waals surface area contributed by atoms with Crippen LogP contribution in [-0.2, 0) is 6.42 Å². The van der Waals surface area contributed by atoms with Gasteiger partial charge in [-0.15, -0.1) is 11.3 Å². The molecule has 0 fully saturated rings. The summed E-state index contributed by atoms with van der Waals surface area (Å²) in [6.45, 7) is 5.64. The van der Waals surface area contributed by atoms with E-state index in [4.69, 9.17) is 23.2 Å². The van der Waals surface area contributed by atoms with Crippen molar-refractivity contribution < 1.29 is 0 Å². The maximum absolute atomic E-state index is 6.17. The largest absolute Gasteiger partial charge is 0.369 e. The molecule has 0 unspecified atom stereocenters. The van der Waals surface area contributed by atoms with E-state index in [9.17, 15) is 0 Å². The van der Waals surface area contributed by atoms with E-state index < -0.39 is 0 Å². The first-order valence-electron chi connectivity index (χ1n) is 6.85. The van der Waals surface area contributed by atoms with Crippen LogP contribution in [0.4, 0.5) is 11.6 Å². The molecule has 0 saturated heterocycles. The van der Waals surface area contributed by atoms with Crippen molar-refractivity contribution in [1.82, 2.24) is 9.97 Å². The fourth-order valence-electron chi connectivity index (χ4n) is 1.76. The van der Waals surface area contributed by atoms with Gasteiger partial charge in [-0.25, -0.2) is 9.97 Å². The lowest BCUT2D eigenvalue weighted by Crippen LogP contribution is -2.09. The van der Waals surface area contributed by atoms with Crippen LogP contribution in [0, 0.1) is 6.92 Å². The molecule has 2 heterocycles. The van der Waals surface area contributed by atoms with Gasteiger partial charge in [-0.3, -0.25) is 0 Å². The molecule has 2 aromatic rings. The lowest BCUT2D eigenvalue weighted by Gasteiger charge is -2.11. The summed E-state index contributed by atoms with van der Waals surface area (Å²) in [5, 5.41) is 10.6. The van der Waals surface area contributed by atoms with Gasteiger partial charge in [0.2, 0.25) is 0 Å². The predicted octanol–water partition coefficient (Wildman–Crippen LogP) is 4.63. The highest BCUT2D eigenvalue weighted by Gasteiger charge is 2.09. The summed E-state index contributed by atoms with van der Waals surface area (Å²) in [6.07, 6.45) is 1.85. The molecule has 0 saturated carbocycles. The molecule has 0 amide bonds. The molecule has 0 bridgehead atoms. The standard InChI is InChI=1S/C14H18Cl2N4S/c1-3-5-17-13-10(15)7-11(16)14(20-13)18-6-4-12-19-9(2)8-21-12/h7-8H,3-6H2,1-2H3,(H2,17,18,20). The van der Waals surface area contributed by atoms with Crippen LogP contribution in [0.3, 0.4) is 0 Å². The Balaban J connectivity index is 1.98. The molecular weight excluding hydrogens is 327 g/mol. The molecule has 0 aliphatic rings. The van der Waals surface area contributed by atoms with E-state index in [2.05, 4.69) is 32.9 Å². The van der Waals surface area contributed by atoms with Crippen LogP contribution >= 0.6 is 34.5 Å². The fourth-order valence-corrected chi connectivity index (χ4v) is 3.03. The minimum Gasteiger partial charge on any atom is -0.369 e. The van der Waals surface area contributed by atoms with Crippen molar-refractivity contribution in [2.45, 2.75) is 26.7 Å². The van der Waals surface area contributed by atoms with Crippen LogP contribution in [0.2, 0.25) is 10.0 Å². The maximum Gasteiger partial charge on any atom is 0.147 e. The average molecular weight is 345 g/mol. The van der Waals surface area contributed by atoms with Crippen LogP contribution in [0.5, 0.6) is 0 Å². The van der Waals surface area contributed by atoms with Gasteiger partial charge in [0.1, 0.15) is 11.6 Å². The molecule has 0 aliphatic carbocycles. The maximum atomic E-state index is 6.17. The Morgan fingerprint density at radius 2 is 1.76 bits per heavy atom. The minimum atomic E-state index is 0.525. The van der Waals surface area contributed by atoms with Crippen molar-refractivity contribution in [1.29, 1.82) is 0 Å². The van der Waals surface area contributed by atoms with Crippen molar-refractivity contribution in [2.75, 3.05) is 23.7 Å². The zero-order valence-electron chi connectivity index (χ0n) is 12.0. The van der Waals surface area contributed by atoms with Crippen molar-refractivity contribution in [2.24, 2.45) is 0 Å². The van der Waals surface area contributed by atoms with Crippen LogP contribution in [0.15, 0.2) is 11.4 Å². The number of nitrogens with zero attached hydrogens (tertiary/aromatic N) is 2. The molecule has 21 heavy (non-hydrogen) atoms. The van der Waals surface area contributed by atoms with Gasteiger partial charge in [-0.2, -0.15) is 0 Å². The third kappa shape index (κ3) is 4.73. The SMILES string of the molecule is CCCNc1nc(NCCc2nc(C)cs2)c(Cl)cc1Cl. The van der Waals surface area contributed by atoms with E-state index in [0.717, 1.165) is 36.6 Å². The normalized spacial score (nSPS) is 10.7. The Hall–Kier alpha value is -1.04. The van der Waals surface area contributed by atoms with E-state index in [0.29, 0.717) is 21.7 Å². The predicted molar refractivity (Wildman–Crippen MR) is 92.1 cm³/mol. The second-order valence-electron chi connectivity index (χ2n) is 4.64. The number of thiazole rings is 1. The number of halogens is 2. The Morgan fingerprint density at radius 3 is 2.33 bits per heavy atom. The lowest BCUT2D eigenvalue weighted by atomic mass is 10.4. The highest BCUT2D eigenvalue weighted by molar-refractivity contribution is 7.09. The molecule has 0 atom stereocenters. The van der Waals surface area contributed by atoms with Gasteiger partial charge in [0.25, 0.3) is 0 Å². The second-order valence-corrected chi connectivity index (χ2v) is 6.39. The van der Waals surface area contributed by atoms with E-state index in [-0.39, 0.29) is 0 Å². The number of anilines is 2. The summed E-state index contributed by atoms with van der Waals surface area (Å²) in [6, 6.07) is 1.71. The van der Waals surface area contributed by atoms with E-state index >= 15 is 0 Å². The highest BCUT2D eigenvalue weighted by Crippen LogP contribution is 2.29. The van der Waals surface area contributed by atoms with Gasteiger partial charge in [0.05, 0.1) is 15.1 Å². The van der Waals surface area contributed by atoms with Crippen molar-refractivity contribution in [3.05, 3.63) is 32.2 Å². The minimum absolute atomic E-state index is 0.525. The van der Waals surface area contributed by atoms with E-state index in [1.807, 2.05) is 6.92 Å². The summed E-state index contributed by atoms with van der Waals surface area (Å²) in [7, 11) is 0. The monoisotopic (exact) mass is 344 g/mol. The van der Waals surface area contributed by atoms with Crippen molar-refractivity contribution >= 4 is 46.2 Å². The number of hydrogen-bond acceptors (Lipinski definition) is 5. The van der Waals surface area contributed by atoms with Gasteiger partial charge in [0.15, 0.2) is 0 Å². The Labute approximate surface area is 138 Å². The molecule has 2 rings (SSSR count). The van der Waals surface area contributed by atoms with E-state index in [1.165, 1.54) is 0 Å². The first kappa shape index (κ1) is 16.3. The topological polar surface area (TPSA) is 49.8 Å². The molecule has 7 heteroatoms. The van der Waals surface area contributed by atoms with Gasteiger partial charge >= 0.3 is 0 Å². The average Bonchev–Trinajstić information content (AvgIpc) is 2.85. The molecule has 0 aromatic carbocycles. The molecule has 2 aromatic heterocycles. The molecule has 0 aliphatic heterocycles. The highest BCUT2D eigenvalue weighted by atomic mass is 35.5. The molecule has 4 nitrogen and oxygen atoms in total. The lowest BCUT2D eigenvalue weighted by molar-refractivity contribution is 0.960. The summed E-state index contributed by atoms with van der Waals surface area (Å²) in [4.78, 5) is 8.87. The zero-order chi connectivity index (χ0) is 15.2. The molecule has 2 N–H and O–H groups in total. The summed E-state index contributed by atoms with van der Waals surface area (Å²) in [5.74, 6) is 1.31. The van der Waals surface area contributed by atoms with Crippen molar-refractivity contribution in [3.63, 3.8) is 0 Å². The number of aromatic nitrogens is 2. The molecule has 0 spiro atoms. The summed E-state index contributed by atoms with van der Waals surface area (Å²) in [5.41, 5.74) is 1.06. The van der Waals surface area contributed by atoms with Gasteiger partial charge in [-0.05, 0) is 19.4 Å². The van der Waals surface area contributed by atoms with Crippen molar-refractivity contribution in [3.8, 4) is 0 Å². The van der Waals surface area contributed by atoms with Gasteiger partial charge in [0, 0.05) is 30.6 Å². The van der Waals surface area contributed by atoms with E-state index in [1.54, 1.807) is 17.4 Å². The van der Waals surface area contributed by atoms with Crippen LogP contribution in [0.25, 0.3) is 0 Å². The molecule has 114 valence electrons. The number of pyridine rings is 1. The Morgan fingerprint density at radius 1 is 1.10 bits per heavy atom. The summed E-state index contributed by atoms with van der Waals surface area (Å²) < 4.78 is 0. The summed E-state index contributed by atoms with van der Waals surface area (Å²) >= 11 is 14.0. The zero-order valence-corrected chi connectivity index (χ0v) is 14.4. The third-order valence-electron chi connectivity index (χ3n) is 2.77. The van der Waals surface area contributed by atoms with Crippen LogP contribution in [-0.4, -0.2) is 23.1 Å². The quantitative estimate of drug-likeness (QED) is 0.768. The first-order chi connectivity index (χ1) is 10.1.